The predicted molar refractivity (Wildman–Crippen MR) is 112 cm³/mol. The number of ketones is 1. The number of piperidine rings is 1. The van der Waals surface area contributed by atoms with Crippen molar-refractivity contribution in [1.82, 2.24) is 15.5 Å². The number of primary amides is 1. The van der Waals surface area contributed by atoms with Crippen LogP contribution in [0, 0.1) is 29.1 Å². The van der Waals surface area contributed by atoms with Crippen molar-refractivity contribution >= 4 is 29.4 Å². The maximum absolute atomic E-state index is 13.2. The van der Waals surface area contributed by atoms with Crippen LogP contribution in [0.2, 0.25) is 0 Å². The Morgan fingerprint density at radius 3 is 2.34 bits per heavy atom. The van der Waals surface area contributed by atoms with Crippen LogP contribution in [0.1, 0.15) is 32.1 Å². The van der Waals surface area contributed by atoms with Crippen LogP contribution >= 0.6 is 0 Å². The van der Waals surface area contributed by atoms with E-state index in [1.54, 1.807) is 5.32 Å². The first-order valence-corrected chi connectivity index (χ1v) is 12.0. The molecule has 4 fully saturated rings. The Bertz CT molecular complexity index is 1030. The van der Waals surface area contributed by atoms with Crippen molar-refractivity contribution < 1.29 is 55.1 Å². The van der Waals surface area contributed by atoms with Crippen LogP contribution in [0.25, 0.3) is 0 Å². The van der Waals surface area contributed by atoms with E-state index in [1.807, 2.05) is 0 Å². The maximum Gasteiger partial charge on any atom is 0.522 e. The van der Waals surface area contributed by atoms with Gasteiger partial charge in [0.25, 0.3) is 0 Å². The minimum absolute atomic E-state index is 0.0245. The molecular weight excluding hydrogens is 530 g/mol. The summed E-state index contributed by atoms with van der Waals surface area (Å²) >= 11 is 0. The number of hydrogen-bond donors (Lipinski definition) is 3. The van der Waals surface area contributed by atoms with Crippen molar-refractivity contribution in [2.24, 2.45) is 34.8 Å². The topological polar surface area (TPSA) is 148 Å². The molecule has 4 N–H and O–H groups in total. The van der Waals surface area contributed by atoms with Crippen LogP contribution in [0.15, 0.2) is 0 Å². The number of ether oxygens (including phenoxy) is 1. The number of rotatable bonds is 9. The number of halogens is 6. The molecule has 4 rings (SSSR count). The summed E-state index contributed by atoms with van der Waals surface area (Å²) in [5.74, 6) is -8.24. The molecule has 2 saturated heterocycles. The van der Waals surface area contributed by atoms with E-state index in [1.165, 1.54) is 0 Å². The van der Waals surface area contributed by atoms with Gasteiger partial charge in [-0.3, -0.25) is 28.7 Å². The third-order valence-corrected chi connectivity index (χ3v) is 8.17. The van der Waals surface area contributed by atoms with E-state index in [2.05, 4.69) is 10.1 Å². The fraction of sp³-hybridized carbons (Fsp3) is 0.773. The fourth-order valence-electron chi connectivity index (χ4n) is 6.32. The second kappa shape index (κ2) is 9.68. The van der Waals surface area contributed by atoms with Crippen molar-refractivity contribution in [3.63, 3.8) is 0 Å². The number of carbonyl (C=O) groups excluding carboxylic acids is 5. The Morgan fingerprint density at radius 2 is 1.82 bits per heavy atom. The molecule has 0 aromatic carbocycles. The van der Waals surface area contributed by atoms with Crippen molar-refractivity contribution in [3.8, 4) is 0 Å². The molecule has 16 heteroatoms. The van der Waals surface area contributed by atoms with E-state index in [0.717, 1.165) is 4.90 Å². The molecule has 2 saturated carbocycles. The minimum atomic E-state index is -5.09. The first-order chi connectivity index (χ1) is 17.5. The monoisotopic (exact) mass is 556 g/mol. The molecule has 0 spiro atoms. The number of alkyl halides is 6. The number of carbonyl (C=O) groups is 5. The Balaban J connectivity index is 1.50. The van der Waals surface area contributed by atoms with Crippen molar-refractivity contribution in [3.05, 3.63) is 0 Å². The van der Waals surface area contributed by atoms with E-state index >= 15 is 0 Å². The first-order valence-electron chi connectivity index (χ1n) is 12.0. The van der Waals surface area contributed by atoms with Gasteiger partial charge in [-0.15, -0.1) is 13.2 Å². The van der Waals surface area contributed by atoms with Crippen molar-refractivity contribution in [2.45, 2.75) is 56.7 Å². The highest BCUT2D eigenvalue weighted by atomic mass is 19.4. The lowest BCUT2D eigenvalue weighted by Crippen LogP contribution is -2.57. The Labute approximate surface area is 211 Å². The van der Waals surface area contributed by atoms with Crippen LogP contribution in [0.5, 0.6) is 0 Å². The molecule has 0 bridgehead atoms. The lowest BCUT2D eigenvalue weighted by molar-refractivity contribution is -0.321. The molecule has 3 unspecified atom stereocenters. The summed E-state index contributed by atoms with van der Waals surface area (Å²) < 4.78 is 79.1. The molecule has 4 amide bonds. The second-order valence-electron chi connectivity index (χ2n) is 10.4. The molecule has 212 valence electrons. The summed E-state index contributed by atoms with van der Waals surface area (Å²) in [6, 6.07) is -2.25. The molecule has 0 aromatic heterocycles. The van der Waals surface area contributed by atoms with Crippen LogP contribution in [-0.2, 0) is 28.7 Å². The number of likely N-dealkylation sites (tertiary alicyclic amines) is 1. The highest BCUT2D eigenvalue weighted by Gasteiger charge is 2.73. The van der Waals surface area contributed by atoms with Gasteiger partial charge in [0.15, 0.2) is 5.78 Å². The molecule has 2 aliphatic carbocycles. The maximum atomic E-state index is 13.2. The average molecular weight is 556 g/mol. The number of nitrogens with one attached hydrogen (secondary N) is 2. The summed E-state index contributed by atoms with van der Waals surface area (Å²) in [5.41, 5.74) is 4.36. The van der Waals surface area contributed by atoms with Gasteiger partial charge in [0.05, 0.1) is 0 Å². The molecular formula is C22H26F6N4O6. The zero-order valence-electron chi connectivity index (χ0n) is 19.9. The zero-order valence-corrected chi connectivity index (χ0v) is 19.9. The number of nitrogens with zero attached hydrogens (tertiary/aromatic N) is 1. The van der Waals surface area contributed by atoms with E-state index < -0.39 is 83.8 Å². The lowest BCUT2D eigenvalue weighted by atomic mass is 9.73. The summed E-state index contributed by atoms with van der Waals surface area (Å²) in [6.45, 7) is -1.04. The van der Waals surface area contributed by atoms with Gasteiger partial charge in [0.1, 0.15) is 12.6 Å². The molecule has 38 heavy (non-hydrogen) atoms. The van der Waals surface area contributed by atoms with Gasteiger partial charge in [-0.05, 0) is 38.0 Å². The van der Waals surface area contributed by atoms with Crippen LogP contribution in [-0.4, -0.2) is 78.6 Å². The van der Waals surface area contributed by atoms with Crippen LogP contribution < -0.4 is 16.4 Å². The third-order valence-electron chi connectivity index (χ3n) is 8.17. The smallest absolute Gasteiger partial charge is 0.368 e. The number of amides is 4. The Kier molecular flexibility index (Phi) is 7.16. The fourth-order valence-corrected chi connectivity index (χ4v) is 6.32. The van der Waals surface area contributed by atoms with Crippen LogP contribution in [0.4, 0.5) is 26.3 Å². The van der Waals surface area contributed by atoms with Gasteiger partial charge in [-0.25, -0.2) is 0 Å². The van der Waals surface area contributed by atoms with E-state index in [4.69, 9.17) is 5.73 Å². The van der Waals surface area contributed by atoms with E-state index in [0.29, 0.717) is 13.0 Å². The van der Waals surface area contributed by atoms with E-state index in [9.17, 15) is 50.3 Å². The average Bonchev–Trinajstić information content (AvgIpc) is 3.14. The predicted octanol–water partition coefficient (Wildman–Crippen LogP) is 0.394. The summed E-state index contributed by atoms with van der Waals surface area (Å²) in [6.07, 6.45) is -9.98. The summed E-state index contributed by atoms with van der Waals surface area (Å²) in [4.78, 5) is 63.3. The van der Waals surface area contributed by atoms with Crippen LogP contribution in [0.3, 0.4) is 0 Å². The number of Topliss-reactive ketones (excluding diaryl/α,β-unsaturated/α-hetero) is 1. The Hall–Kier alpha value is -2.91. The van der Waals surface area contributed by atoms with Crippen molar-refractivity contribution in [1.29, 1.82) is 0 Å². The highest BCUT2D eigenvalue weighted by Crippen LogP contribution is 2.67. The summed E-state index contributed by atoms with van der Waals surface area (Å²) in [5, 5.41) is 4.37. The third kappa shape index (κ3) is 5.31. The molecule has 4 aliphatic rings. The number of nitrogens with two attached hydrogens (primary N) is 1. The minimum Gasteiger partial charge on any atom is -0.368 e. The number of hydrogen-bond acceptors (Lipinski definition) is 6. The molecule has 2 aliphatic heterocycles. The lowest BCUT2D eigenvalue weighted by Gasteiger charge is -2.40. The van der Waals surface area contributed by atoms with Gasteiger partial charge in [-0.2, -0.15) is 13.2 Å². The molecule has 10 nitrogen and oxygen atoms in total. The first kappa shape index (κ1) is 28.1. The quantitative estimate of drug-likeness (QED) is 0.350. The van der Waals surface area contributed by atoms with Gasteiger partial charge in [0.2, 0.25) is 17.7 Å². The SMILES string of the molecule is NC(=O)C1N(C(=O)C2CC(NC(=O)C(F)(F)F)C2)CC2CC21[C@H](C[C@H]1CCNC1=O)C(=O)COC(F)(F)F. The highest BCUT2D eigenvalue weighted by molar-refractivity contribution is 5.93. The largest absolute Gasteiger partial charge is 0.522 e. The summed E-state index contributed by atoms with van der Waals surface area (Å²) in [7, 11) is 0. The van der Waals surface area contributed by atoms with E-state index in [-0.39, 0.29) is 38.1 Å². The van der Waals surface area contributed by atoms with Gasteiger partial charge >= 0.3 is 18.4 Å². The van der Waals surface area contributed by atoms with Crippen molar-refractivity contribution in [2.75, 3.05) is 19.7 Å². The molecule has 5 atom stereocenters. The molecule has 0 aromatic rings. The van der Waals surface area contributed by atoms with Gasteiger partial charge in [0, 0.05) is 42.3 Å². The van der Waals surface area contributed by atoms with Gasteiger partial charge < -0.3 is 21.3 Å². The number of fused-ring (bicyclic) bond motifs is 1. The second-order valence-corrected chi connectivity index (χ2v) is 10.4. The molecule has 0 radical (unpaired) electrons. The zero-order chi connectivity index (χ0) is 28.2. The molecule has 2 heterocycles. The standard InChI is InChI=1S/C22H26F6N4O6/c23-21(24,25)19(37)31-12-3-10(4-12)18(36)32-7-11-6-20(11,15(32)16(29)34)13(5-9-1-2-30-17(9)35)14(33)8-38-22(26,27)28/h9-13,15H,1-8H2,(H2,29,34)(H,30,35)(H,31,37)/t9-,10?,11?,12?,13-,15?,20?/m1/s1. The Morgan fingerprint density at radius 1 is 1.16 bits per heavy atom. The normalized spacial score (nSPS) is 33.2. The van der Waals surface area contributed by atoms with Gasteiger partial charge in [-0.1, -0.05) is 0 Å².